The molecular weight excluding hydrogens is 664 g/mol. The molecule has 270 valence electrons. The molecule has 0 aliphatic heterocycles. The zero-order valence-corrected chi connectivity index (χ0v) is 24.9. The third-order valence-corrected chi connectivity index (χ3v) is 5.44. The van der Waals surface area contributed by atoms with Gasteiger partial charge >= 0.3 is 23.9 Å². The van der Waals surface area contributed by atoms with Crippen LogP contribution in [0.5, 0.6) is 0 Å². The standard InChI is InChI=1S/C9H12O5.C8H10O5.2C6H4O4.CH4.H2O/c1-13-9(12)8-3-2-7(14-8)6(4-10)5-11;9-3-5(4-10)6-1-2-7(13-6)8(11)12;2*7-3-4-1-2-5(10-4)6(8)9;;/h2-3,6,10-11H,4-5H2,1H3;1-2,5,9-10H,3-4H2,(H,11,12);2*1-3H,(H,8,9);1H4;1H2. The van der Waals surface area contributed by atoms with Crippen LogP contribution >= 0.6 is 0 Å². The summed E-state index contributed by atoms with van der Waals surface area (Å²) in [6.45, 7) is -1.01. The number of carbonyl (C=O) groups is 6. The molecule has 4 rings (SSSR count). The van der Waals surface area contributed by atoms with Crippen LogP contribution in [0, 0.1) is 0 Å². The minimum absolute atomic E-state index is 0. The summed E-state index contributed by atoms with van der Waals surface area (Å²) in [5, 5.41) is 60.3. The van der Waals surface area contributed by atoms with Crippen molar-refractivity contribution in [3.8, 4) is 0 Å². The van der Waals surface area contributed by atoms with Crippen LogP contribution in [-0.2, 0) is 4.74 Å². The first-order chi connectivity index (χ1) is 22.4. The van der Waals surface area contributed by atoms with Gasteiger partial charge in [-0.05, 0) is 48.5 Å². The zero-order chi connectivity index (χ0) is 35.5. The van der Waals surface area contributed by atoms with Gasteiger partial charge in [-0.15, -0.1) is 0 Å². The average Bonchev–Trinajstić information content (AvgIpc) is 3.89. The van der Waals surface area contributed by atoms with Crippen LogP contribution in [0.1, 0.15) is 94.1 Å². The number of esters is 1. The number of carbonyl (C=O) groups excluding carboxylic acids is 3. The van der Waals surface area contributed by atoms with Crippen molar-refractivity contribution in [2.24, 2.45) is 0 Å². The van der Waals surface area contributed by atoms with Crippen molar-refractivity contribution in [3.63, 3.8) is 0 Å². The quantitative estimate of drug-likeness (QED) is 0.0814. The van der Waals surface area contributed by atoms with Crippen molar-refractivity contribution in [1.82, 2.24) is 0 Å². The average molecular weight is 701 g/mol. The smallest absolute Gasteiger partial charge is 0.373 e. The molecule has 0 fully saturated rings. The van der Waals surface area contributed by atoms with Crippen LogP contribution in [0.25, 0.3) is 0 Å². The van der Waals surface area contributed by atoms with Crippen LogP contribution in [-0.4, -0.2) is 111 Å². The van der Waals surface area contributed by atoms with E-state index in [0.717, 1.165) is 0 Å². The molecule has 19 heteroatoms. The molecule has 4 heterocycles. The van der Waals surface area contributed by atoms with Gasteiger partial charge in [-0.3, -0.25) is 9.59 Å². The Bertz CT molecular complexity index is 1520. The largest absolute Gasteiger partial charge is 0.475 e. The Labute approximate surface area is 276 Å². The summed E-state index contributed by atoms with van der Waals surface area (Å²) in [5.74, 6) is -5.00. The maximum atomic E-state index is 11.0. The van der Waals surface area contributed by atoms with E-state index < -0.39 is 35.7 Å². The third kappa shape index (κ3) is 14.6. The summed E-state index contributed by atoms with van der Waals surface area (Å²) in [6.07, 6.45) is 0.902. The Morgan fingerprint density at radius 1 is 0.592 bits per heavy atom. The normalized spacial score (nSPS) is 9.61. The van der Waals surface area contributed by atoms with E-state index in [1.54, 1.807) is 0 Å². The number of aromatic carboxylic acids is 3. The number of carboxylic acid groups (broad SMARTS) is 3. The second-order valence-electron chi connectivity index (χ2n) is 8.57. The predicted molar refractivity (Wildman–Crippen MR) is 162 cm³/mol. The van der Waals surface area contributed by atoms with Gasteiger partial charge in [0.25, 0.3) is 0 Å². The molecule has 0 unspecified atom stereocenters. The number of hydrogen-bond donors (Lipinski definition) is 7. The Morgan fingerprint density at radius 3 is 1.14 bits per heavy atom. The molecule has 0 amide bonds. The summed E-state index contributed by atoms with van der Waals surface area (Å²) < 4.78 is 23.4. The molecule has 0 bridgehead atoms. The minimum atomic E-state index is -1.17. The fourth-order valence-corrected chi connectivity index (χ4v) is 3.01. The van der Waals surface area contributed by atoms with E-state index >= 15 is 0 Å². The number of methoxy groups -OCH3 is 1. The van der Waals surface area contributed by atoms with Gasteiger partial charge in [0.2, 0.25) is 23.0 Å². The van der Waals surface area contributed by atoms with Crippen LogP contribution < -0.4 is 0 Å². The molecule has 0 saturated carbocycles. The van der Waals surface area contributed by atoms with E-state index in [9.17, 15) is 28.8 Å². The Hall–Kier alpha value is -5.86. The van der Waals surface area contributed by atoms with Gasteiger partial charge in [-0.2, -0.15) is 0 Å². The molecule has 0 saturated heterocycles. The number of rotatable bonds is 12. The van der Waals surface area contributed by atoms with E-state index in [1.807, 2.05) is 0 Å². The maximum absolute atomic E-state index is 11.0. The second kappa shape index (κ2) is 23.5. The number of aliphatic hydroxyl groups excluding tert-OH is 4. The van der Waals surface area contributed by atoms with E-state index in [0.29, 0.717) is 18.3 Å². The molecule has 0 aliphatic carbocycles. The van der Waals surface area contributed by atoms with Gasteiger partial charge < -0.3 is 63.6 Å². The molecule has 0 aromatic carbocycles. The van der Waals surface area contributed by atoms with Crippen molar-refractivity contribution in [1.29, 1.82) is 0 Å². The fraction of sp³-hybridized carbons (Fsp3) is 0.267. The van der Waals surface area contributed by atoms with Gasteiger partial charge in [0.05, 0.1) is 45.4 Å². The Kier molecular flexibility index (Phi) is 21.7. The summed E-state index contributed by atoms with van der Waals surface area (Å²) in [4.78, 5) is 61.5. The highest BCUT2D eigenvalue weighted by Gasteiger charge is 2.18. The monoisotopic (exact) mass is 700 g/mol. The molecule has 4 aromatic rings. The predicted octanol–water partition coefficient (Wildman–Crippen LogP) is 1.57. The van der Waals surface area contributed by atoms with Crippen molar-refractivity contribution < 1.29 is 92.4 Å². The first kappa shape index (κ1) is 45.3. The van der Waals surface area contributed by atoms with Crippen LogP contribution in [0.15, 0.2) is 66.2 Å². The van der Waals surface area contributed by atoms with Crippen LogP contribution in [0.2, 0.25) is 0 Å². The summed E-state index contributed by atoms with van der Waals surface area (Å²) in [6, 6.07) is 10.8. The van der Waals surface area contributed by atoms with Crippen molar-refractivity contribution >= 4 is 36.4 Å². The highest BCUT2D eigenvalue weighted by Crippen LogP contribution is 2.19. The lowest BCUT2D eigenvalue weighted by molar-refractivity contribution is 0.0557. The van der Waals surface area contributed by atoms with E-state index in [1.165, 1.54) is 55.6 Å². The first-order valence-electron chi connectivity index (χ1n) is 12.9. The van der Waals surface area contributed by atoms with Crippen LogP contribution in [0.4, 0.5) is 0 Å². The summed E-state index contributed by atoms with van der Waals surface area (Å²) >= 11 is 0. The van der Waals surface area contributed by atoms with E-state index in [-0.39, 0.29) is 79.7 Å². The van der Waals surface area contributed by atoms with Gasteiger partial charge in [-0.25, -0.2) is 19.2 Å². The lowest BCUT2D eigenvalue weighted by atomic mass is 10.1. The molecule has 49 heavy (non-hydrogen) atoms. The summed E-state index contributed by atoms with van der Waals surface area (Å²) in [5.41, 5.74) is 0. The minimum Gasteiger partial charge on any atom is -0.475 e. The molecule has 19 nitrogen and oxygen atoms in total. The SMILES string of the molecule is C.COC(=O)c1ccc(C(CO)CO)o1.O.O=C(O)c1ccc(C(CO)CO)o1.O=Cc1ccc(C(=O)O)o1.O=Cc1ccc(C(=O)O)o1. The van der Waals surface area contributed by atoms with Crippen molar-refractivity contribution in [3.05, 3.63) is 94.6 Å². The van der Waals surface area contributed by atoms with Crippen LogP contribution in [0.3, 0.4) is 0 Å². The molecule has 0 radical (unpaired) electrons. The van der Waals surface area contributed by atoms with E-state index in [4.69, 9.17) is 44.6 Å². The van der Waals surface area contributed by atoms with E-state index in [2.05, 4.69) is 13.6 Å². The number of hydrogen-bond acceptors (Lipinski definition) is 15. The second-order valence-corrected chi connectivity index (χ2v) is 8.57. The number of ether oxygens (including phenoxy) is 1. The molecular formula is C30H36O19. The topological polar surface area (TPSA) is 337 Å². The molecule has 4 aromatic heterocycles. The Balaban J connectivity index is 0. The van der Waals surface area contributed by atoms with Gasteiger partial charge in [0, 0.05) is 0 Å². The number of aliphatic hydroxyl groups is 4. The highest BCUT2D eigenvalue weighted by atomic mass is 16.5. The lowest BCUT2D eigenvalue weighted by Gasteiger charge is -2.05. The molecule has 0 atom stereocenters. The lowest BCUT2D eigenvalue weighted by Crippen LogP contribution is -2.07. The molecule has 9 N–H and O–H groups in total. The number of aldehydes is 2. The van der Waals surface area contributed by atoms with Gasteiger partial charge in [-0.1, -0.05) is 7.43 Å². The molecule has 0 spiro atoms. The number of carboxylic acids is 3. The molecule has 0 aliphatic rings. The Morgan fingerprint density at radius 2 is 0.898 bits per heavy atom. The van der Waals surface area contributed by atoms with Crippen molar-refractivity contribution in [2.45, 2.75) is 19.3 Å². The fourth-order valence-electron chi connectivity index (χ4n) is 3.01. The summed E-state index contributed by atoms with van der Waals surface area (Å²) in [7, 11) is 1.25. The van der Waals surface area contributed by atoms with Crippen molar-refractivity contribution in [2.75, 3.05) is 33.5 Å². The highest BCUT2D eigenvalue weighted by molar-refractivity contribution is 5.87. The van der Waals surface area contributed by atoms with Gasteiger partial charge in [0.1, 0.15) is 11.5 Å². The number of furan rings is 4. The third-order valence-electron chi connectivity index (χ3n) is 5.44. The maximum Gasteiger partial charge on any atom is 0.373 e. The van der Waals surface area contributed by atoms with Gasteiger partial charge in [0.15, 0.2) is 24.1 Å². The zero-order valence-electron chi connectivity index (χ0n) is 24.9. The first-order valence-corrected chi connectivity index (χ1v) is 12.9.